The maximum absolute atomic E-state index is 12.1. The van der Waals surface area contributed by atoms with Crippen molar-refractivity contribution in [1.82, 2.24) is 14.8 Å². The molecule has 1 aromatic carbocycles. The molecule has 1 atom stereocenters. The topological polar surface area (TPSA) is 69.0 Å². The summed E-state index contributed by atoms with van der Waals surface area (Å²) in [4.78, 5) is 16.5. The molecule has 0 saturated heterocycles. The number of nitrogens with one attached hydrogen (secondary N) is 1. The summed E-state index contributed by atoms with van der Waals surface area (Å²) in [5, 5.41) is 7.59. The minimum atomic E-state index is -0.0750. The second-order valence-electron chi connectivity index (χ2n) is 4.94. The summed E-state index contributed by atoms with van der Waals surface area (Å²) in [5.41, 5.74) is 0.848. The van der Waals surface area contributed by atoms with Crippen LogP contribution in [0.3, 0.4) is 0 Å². The van der Waals surface area contributed by atoms with Gasteiger partial charge in [0.15, 0.2) is 5.13 Å². The summed E-state index contributed by atoms with van der Waals surface area (Å²) in [5.74, 6) is 0.704. The Morgan fingerprint density at radius 2 is 2.36 bits per heavy atom. The van der Waals surface area contributed by atoms with Gasteiger partial charge in [-0.15, -0.1) is 0 Å². The lowest BCUT2D eigenvalue weighted by Crippen LogP contribution is -2.17. The quantitative estimate of drug-likeness (QED) is 0.785. The number of anilines is 1. The van der Waals surface area contributed by atoms with Crippen LogP contribution in [0.2, 0.25) is 0 Å². The number of hydrogen-bond donors (Lipinski definition) is 1. The first-order valence-corrected chi connectivity index (χ1v) is 7.71. The third kappa shape index (κ3) is 3.09. The second kappa shape index (κ2) is 6.15. The van der Waals surface area contributed by atoms with Crippen LogP contribution in [0.5, 0.6) is 5.75 Å². The van der Waals surface area contributed by atoms with Gasteiger partial charge in [0.05, 0.1) is 23.4 Å². The van der Waals surface area contributed by atoms with E-state index < -0.39 is 0 Å². The zero-order chi connectivity index (χ0) is 15.5. The van der Waals surface area contributed by atoms with Gasteiger partial charge < -0.3 is 10.1 Å². The summed E-state index contributed by atoms with van der Waals surface area (Å²) in [6.45, 7) is 1.95. The summed E-state index contributed by atoms with van der Waals surface area (Å²) >= 11 is 1.43. The highest BCUT2D eigenvalue weighted by Gasteiger charge is 2.13. The molecule has 0 saturated carbocycles. The molecule has 1 N–H and O–H groups in total. The van der Waals surface area contributed by atoms with E-state index in [0.29, 0.717) is 11.6 Å². The third-order valence-electron chi connectivity index (χ3n) is 3.30. The normalized spacial score (nSPS) is 12.3. The molecular weight excluding hydrogens is 300 g/mol. The maximum Gasteiger partial charge on any atom is 0.228 e. The number of nitrogens with zero attached hydrogens (tertiary/aromatic N) is 3. The molecule has 6 nitrogen and oxygen atoms in total. The van der Waals surface area contributed by atoms with E-state index in [-0.39, 0.29) is 11.9 Å². The van der Waals surface area contributed by atoms with Crippen molar-refractivity contribution in [3.05, 3.63) is 36.7 Å². The van der Waals surface area contributed by atoms with Crippen LogP contribution in [-0.2, 0) is 4.79 Å². The van der Waals surface area contributed by atoms with Crippen LogP contribution in [0.1, 0.15) is 19.4 Å². The van der Waals surface area contributed by atoms with Crippen LogP contribution in [0.4, 0.5) is 5.13 Å². The molecular formula is C15H16N4O2S. The number of rotatable bonds is 5. The molecule has 0 spiro atoms. The zero-order valence-electron chi connectivity index (χ0n) is 12.3. The van der Waals surface area contributed by atoms with Gasteiger partial charge in [0.2, 0.25) is 5.91 Å². The van der Waals surface area contributed by atoms with E-state index in [1.54, 1.807) is 18.0 Å². The number of benzene rings is 1. The first-order valence-electron chi connectivity index (χ1n) is 6.89. The Balaban J connectivity index is 1.68. The predicted molar refractivity (Wildman–Crippen MR) is 86.4 cm³/mol. The number of ether oxygens (including phenoxy) is 1. The predicted octanol–water partition coefficient (Wildman–Crippen LogP) is 3.09. The zero-order valence-corrected chi connectivity index (χ0v) is 13.1. The largest absolute Gasteiger partial charge is 0.497 e. The molecule has 3 rings (SSSR count). The Labute approximate surface area is 131 Å². The van der Waals surface area contributed by atoms with Gasteiger partial charge in [-0.05, 0) is 31.2 Å². The van der Waals surface area contributed by atoms with Crippen molar-refractivity contribution in [1.29, 1.82) is 0 Å². The minimum Gasteiger partial charge on any atom is -0.497 e. The lowest BCUT2D eigenvalue weighted by Gasteiger charge is -2.10. The van der Waals surface area contributed by atoms with E-state index in [1.807, 2.05) is 37.4 Å². The average Bonchev–Trinajstić information content (AvgIpc) is 3.15. The van der Waals surface area contributed by atoms with Gasteiger partial charge in [0.1, 0.15) is 5.75 Å². The third-order valence-corrected chi connectivity index (χ3v) is 4.23. The lowest BCUT2D eigenvalue weighted by molar-refractivity contribution is -0.116. The molecule has 0 fully saturated rings. The van der Waals surface area contributed by atoms with E-state index >= 15 is 0 Å². The van der Waals surface area contributed by atoms with Crippen LogP contribution in [0, 0.1) is 0 Å². The Bertz CT molecular complexity index is 782. The molecule has 114 valence electrons. The minimum absolute atomic E-state index is 0.00414. The smallest absolute Gasteiger partial charge is 0.228 e. The van der Waals surface area contributed by atoms with Crippen LogP contribution >= 0.6 is 11.3 Å². The monoisotopic (exact) mass is 316 g/mol. The highest BCUT2D eigenvalue weighted by atomic mass is 32.1. The van der Waals surface area contributed by atoms with Crippen LogP contribution < -0.4 is 10.1 Å². The molecule has 0 bridgehead atoms. The van der Waals surface area contributed by atoms with Crippen molar-refractivity contribution in [2.45, 2.75) is 19.4 Å². The Hall–Kier alpha value is -2.41. The van der Waals surface area contributed by atoms with Gasteiger partial charge in [-0.3, -0.25) is 9.48 Å². The van der Waals surface area contributed by atoms with Gasteiger partial charge in [0.25, 0.3) is 0 Å². The molecule has 0 aliphatic heterocycles. The van der Waals surface area contributed by atoms with E-state index in [9.17, 15) is 4.79 Å². The molecule has 7 heteroatoms. The van der Waals surface area contributed by atoms with E-state index in [4.69, 9.17) is 4.74 Å². The van der Waals surface area contributed by atoms with Crippen LogP contribution in [0.15, 0.2) is 36.7 Å². The number of amides is 1. The van der Waals surface area contributed by atoms with Crippen LogP contribution in [-0.4, -0.2) is 27.8 Å². The van der Waals surface area contributed by atoms with Gasteiger partial charge in [-0.1, -0.05) is 11.3 Å². The Morgan fingerprint density at radius 3 is 3.09 bits per heavy atom. The van der Waals surface area contributed by atoms with E-state index in [1.165, 1.54) is 11.3 Å². The summed E-state index contributed by atoms with van der Waals surface area (Å²) in [6.07, 6.45) is 3.90. The molecule has 2 heterocycles. The molecule has 0 aliphatic carbocycles. The maximum atomic E-state index is 12.1. The molecule has 22 heavy (non-hydrogen) atoms. The van der Waals surface area contributed by atoms with E-state index in [2.05, 4.69) is 15.4 Å². The Kier molecular flexibility index (Phi) is 4.06. The van der Waals surface area contributed by atoms with Gasteiger partial charge in [-0.2, -0.15) is 5.10 Å². The van der Waals surface area contributed by atoms with E-state index in [0.717, 1.165) is 16.0 Å². The number of hydrogen-bond acceptors (Lipinski definition) is 5. The van der Waals surface area contributed by atoms with Gasteiger partial charge >= 0.3 is 0 Å². The van der Waals surface area contributed by atoms with Gasteiger partial charge in [0, 0.05) is 18.8 Å². The number of methoxy groups -OCH3 is 1. The summed E-state index contributed by atoms with van der Waals surface area (Å²) in [6, 6.07) is 7.49. The number of aromatic nitrogens is 3. The number of carbonyl (C=O) groups is 1. The van der Waals surface area contributed by atoms with Crippen LogP contribution in [0.25, 0.3) is 10.2 Å². The van der Waals surface area contributed by atoms with Crippen molar-refractivity contribution in [2.24, 2.45) is 0 Å². The summed E-state index contributed by atoms with van der Waals surface area (Å²) < 4.78 is 7.94. The van der Waals surface area contributed by atoms with Crippen molar-refractivity contribution < 1.29 is 9.53 Å². The highest BCUT2D eigenvalue weighted by molar-refractivity contribution is 7.22. The lowest BCUT2D eigenvalue weighted by atomic mass is 10.2. The highest BCUT2D eigenvalue weighted by Crippen LogP contribution is 2.29. The van der Waals surface area contributed by atoms with Crippen molar-refractivity contribution >= 4 is 32.6 Å². The number of carbonyl (C=O) groups excluding carboxylic acids is 1. The molecule has 0 radical (unpaired) electrons. The molecule has 1 amide bonds. The SMILES string of the molecule is COc1ccc2nc(NC(=O)C[C@@H](C)n3cccn3)sc2c1. The fourth-order valence-electron chi connectivity index (χ4n) is 2.16. The fraction of sp³-hybridized carbons (Fsp3) is 0.267. The summed E-state index contributed by atoms with van der Waals surface area (Å²) in [7, 11) is 1.63. The second-order valence-corrected chi connectivity index (χ2v) is 5.97. The van der Waals surface area contributed by atoms with Crippen molar-refractivity contribution in [3.63, 3.8) is 0 Å². The number of thiazole rings is 1. The first-order chi connectivity index (χ1) is 10.7. The molecule has 0 unspecified atom stereocenters. The standard InChI is InChI=1S/C15H16N4O2S/c1-10(19-7-3-6-16-19)8-14(20)18-15-17-12-5-4-11(21-2)9-13(12)22-15/h3-7,9-10H,8H2,1-2H3,(H,17,18,20)/t10-/m1/s1. The molecule has 0 aliphatic rings. The average molecular weight is 316 g/mol. The Morgan fingerprint density at radius 1 is 1.50 bits per heavy atom. The fourth-order valence-corrected chi connectivity index (χ4v) is 3.07. The van der Waals surface area contributed by atoms with Gasteiger partial charge in [-0.25, -0.2) is 4.98 Å². The molecule has 2 aromatic heterocycles. The first kappa shape index (κ1) is 14.5. The van der Waals surface area contributed by atoms with Crippen molar-refractivity contribution in [3.8, 4) is 5.75 Å². The molecule has 3 aromatic rings. The van der Waals surface area contributed by atoms with Crippen molar-refractivity contribution in [2.75, 3.05) is 12.4 Å². The number of fused-ring (bicyclic) bond motifs is 1.